The molecule has 0 spiro atoms. The van der Waals surface area contributed by atoms with Crippen molar-refractivity contribution in [1.29, 1.82) is 0 Å². The molecule has 1 aromatic heterocycles. The van der Waals surface area contributed by atoms with Gasteiger partial charge in [0.15, 0.2) is 6.20 Å². The van der Waals surface area contributed by atoms with Crippen molar-refractivity contribution in [1.82, 2.24) is 0 Å². The second-order valence-electron chi connectivity index (χ2n) is 11.3. The maximum atomic E-state index is 2.49. The Morgan fingerprint density at radius 2 is 1.05 bits per heavy atom. The summed E-state index contributed by atoms with van der Waals surface area (Å²) in [6.07, 6.45) is 2.28. The van der Waals surface area contributed by atoms with Crippen molar-refractivity contribution < 1.29 is 4.57 Å². The topological polar surface area (TPSA) is 3.88 Å². The molecule has 2 bridgehead atoms. The highest BCUT2D eigenvalue weighted by molar-refractivity contribution is 5.87. The molecule has 0 aliphatic heterocycles. The predicted octanol–water partition coefficient (Wildman–Crippen LogP) is 8.60. The summed E-state index contributed by atoms with van der Waals surface area (Å²) in [5.74, 6) is 0.545. The van der Waals surface area contributed by atoms with E-state index in [0.29, 0.717) is 0 Å². The van der Waals surface area contributed by atoms with E-state index in [0.717, 1.165) is 0 Å². The molecule has 186 valence electrons. The molecule has 3 aliphatic rings. The van der Waals surface area contributed by atoms with Gasteiger partial charge in [-0.25, -0.2) is 4.57 Å². The van der Waals surface area contributed by atoms with Crippen LogP contribution in [0, 0.1) is 13.8 Å². The predicted molar refractivity (Wildman–Crippen MR) is 160 cm³/mol. The van der Waals surface area contributed by atoms with E-state index in [1.165, 1.54) is 77.7 Å². The van der Waals surface area contributed by atoms with Crippen LogP contribution in [-0.2, 0) is 7.05 Å². The van der Waals surface area contributed by atoms with E-state index in [1.807, 2.05) is 0 Å². The van der Waals surface area contributed by atoms with Gasteiger partial charge in [0.25, 0.3) is 0 Å². The molecule has 0 amide bonds. The van der Waals surface area contributed by atoms with Gasteiger partial charge >= 0.3 is 0 Å². The molecule has 1 nitrogen and oxygen atoms in total. The summed E-state index contributed by atoms with van der Waals surface area (Å²) in [7, 11) is 2.16. The largest absolute Gasteiger partial charge is 0.213 e. The van der Waals surface area contributed by atoms with Crippen LogP contribution in [0.1, 0.15) is 56.3 Å². The third-order valence-corrected chi connectivity index (χ3v) is 9.11. The van der Waals surface area contributed by atoms with Gasteiger partial charge in [-0.15, -0.1) is 0 Å². The van der Waals surface area contributed by atoms with Crippen molar-refractivity contribution in [3.8, 4) is 22.4 Å². The molecule has 0 N–H and O–H groups in total. The van der Waals surface area contributed by atoms with E-state index < -0.39 is 0 Å². The maximum absolute atomic E-state index is 2.49. The van der Waals surface area contributed by atoms with Crippen molar-refractivity contribution in [3.05, 3.63) is 160 Å². The summed E-state index contributed by atoms with van der Waals surface area (Å²) in [5.41, 5.74) is 16.5. The summed E-state index contributed by atoms with van der Waals surface area (Å²) in [4.78, 5) is 0. The lowest BCUT2D eigenvalue weighted by Crippen LogP contribution is -2.31. The van der Waals surface area contributed by atoms with E-state index in [-0.39, 0.29) is 11.8 Å². The number of nitrogens with zero attached hydrogens (tertiary/aromatic N) is 1. The molecule has 0 fully saturated rings. The molecule has 5 aromatic carbocycles. The minimum absolute atomic E-state index is 0.261. The van der Waals surface area contributed by atoms with Crippen molar-refractivity contribution in [2.24, 2.45) is 7.05 Å². The maximum Gasteiger partial charge on any atom is 0.213 e. The monoisotopic (exact) mass is 500 g/mol. The molecule has 1 heterocycles. The van der Waals surface area contributed by atoms with Crippen molar-refractivity contribution in [3.63, 3.8) is 0 Å². The molecule has 39 heavy (non-hydrogen) atoms. The zero-order valence-corrected chi connectivity index (χ0v) is 22.6. The average molecular weight is 501 g/mol. The van der Waals surface area contributed by atoms with Crippen LogP contribution in [0.25, 0.3) is 33.2 Å². The quantitative estimate of drug-likeness (QED) is 0.209. The summed E-state index contributed by atoms with van der Waals surface area (Å²) in [6, 6.07) is 41.1. The van der Waals surface area contributed by atoms with Gasteiger partial charge in [0.2, 0.25) is 5.69 Å². The lowest BCUT2D eigenvalue weighted by Gasteiger charge is -2.42. The summed E-state index contributed by atoms with van der Waals surface area (Å²) in [6.45, 7) is 4.43. The summed E-state index contributed by atoms with van der Waals surface area (Å²) >= 11 is 0. The van der Waals surface area contributed by atoms with Gasteiger partial charge in [0, 0.05) is 29.0 Å². The Labute approximate surface area is 230 Å². The summed E-state index contributed by atoms with van der Waals surface area (Å²) in [5, 5.41) is 2.66. The fraction of sp³-hybridized carbons (Fsp3) is 0.132. The van der Waals surface area contributed by atoms with Crippen LogP contribution in [-0.4, -0.2) is 0 Å². The number of fused-ring (bicyclic) bond motifs is 1. The highest BCUT2D eigenvalue weighted by Crippen LogP contribution is 2.56. The molecule has 1 heteroatoms. The van der Waals surface area contributed by atoms with Crippen LogP contribution in [0.5, 0.6) is 0 Å². The van der Waals surface area contributed by atoms with Gasteiger partial charge in [-0.05, 0) is 99.0 Å². The molecule has 0 radical (unpaired) electrons. The Balaban J connectivity index is 1.34. The number of aryl methyl sites for hydroxylation is 3. The first-order valence-corrected chi connectivity index (χ1v) is 13.9. The first-order chi connectivity index (χ1) is 19.1. The lowest BCUT2D eigenvalue weighted by atomic mass is 9.60. The van der Waals surface area contributed by atoms with Crippen molar-refractivity contribution in [2.75, 3.05) is 0 Å². The van der Waals surface area contributed by atoms with Crippen molar-refractivity contribution in [2.45, 2.75) is 25.7 Å². The molecule has 9 rings (SSSR count). The minimum atomic E-state index is 0.261. The molecule has 2 unspecified atom stereocenters. The van der Waals surface area contributed by atoms with E-state index in [9.17, 15) is 0 Å². The number of benzene rings is 5. The number of rotatable bonds is 2. The Hall–Kier alpha value is -4.49. The Bertz CT molecular complexity index is 1960. The number of hydrogen-bond donors (Lipinski definition) is 0. The van der Waals surface area contributed by atoms with Crippen LogP contribution in [0.3, 0.4) is 0 Å². The summed E-state index contributed by atoms with van der Waals surface area (Å²) < 4.78 is 2.26. The third-order valence-electron chi connectivity index (χ3n) is 9.11. The van der Waals surface area contributed by atoms with Crippen LogP contribution in [0.4, 0.5) is 0 Å². The van der Waals surface area contributed by atoms with E-state index in [2.05, 4.69) is 141 Å². The highest BCUT2D eigenvalue weighted by Gasteiger charge is 2.41. The fourth-order valence-corrected chi connectivity index (χ4v) is 7.29. The molecule has 6 aromatic rings. The van der Waals surface area contributed by atoms with Crippen molar-refractivity contribution >= 4 is 10.8 Å². The Kier molecular flexibility index (Phi) is 4.76. The zero-order chi connectivity index (χ0) is 26.2. The Morgan fingerprint density at radius 3 is 1.74 bits per heavy atom. The lowest BCUT2D eigenvalue weighted by molar-refractivity contribution is -0.660. The molecule has 0 saturated heterocycles. The first-order valence-electron chi connectivity index (χ1n) is 13.9. The number of pyridine rings is 1. The van der Waals surface area contributed by atoms with Gasteiger partial charge < -0.3 is 0 Å². The first kappa shape index (κ1) is 22.5. The smallest absolute Gasteiger partial charge is 0.201 e. The average Bonchev–Trinajstić information content (AvgIpc) is 2.96. The Morgan fingerprint density at radius 1 is 0.487 bits per heavy atom. The standard InChI is InChI=1S/C38H30N/c1-23-10-4-7-13-28(23)36-21-32(24(2)22-39(36)3)27-16-17-31-33(20-27)38-30-15-9-8-14-29(30)37(31)34-18-25-11-5-6-12-26(25)19-35(34)38/h4-22,37-38H,1-3H3/q+1. The molecule has 0 saturated carbocycles. The number of hydrogen-bond acceptors (Lipinski definition) is 0. The van der Waals surface area contributed by atoms with Crippen LogP contribution in [0.2, 0.25) is 0 Å². The highest BCUT2D eigenvalue weighted by atomic mass is 14.9. The van der Waals surface area contributed by atoms with Crippen LogP contribution in [0.15, 0.2) is 115 Å². The zero-order valence-electron chi connectivity index (χ0n) is 22.6. The van der Waals surface area contributed by atoms with Gasteiger partial charge in [0.1, 0.15) is 7.05 Å². The minimum Gasteiger partial charge on any atom is -0.201 e. The molecule has 2 atom stereocenters. The second-order valence-corrected chi connectivity index (χ2v) is 11.3. The number of aromatic nitrogens is 1. The molecular weight excluding hydrogens is 470 g/mol. The van der Waals surface area contributed by atoms with E-state index >= 15 is 0 Å². The molecule has 3 aliphatic carbocycles. The van der Waals surface area contributed by atoms with E-state index in [1.54, 1.807) is 0 Å². The van der Waals surface area contributed by atoms with Gasteiger partial charge in [-0.2, -0.15) is 0 Å². The normalized spacial score (nSPS) is 16.6. The van der Waals surface area contributed by atoms with E-state index in [4.69, 9.17) is 0 Å². The third kappa shape index (κ3) is 3.23. The van der Waals surface area contributed by atoms with Gasteiger partial charge in [-0.3, -0.25) is 0 Å². The second kappa shape index (κ2) is 8.25. The SMILES string of the molecule is Cc1c[n+](C)c(-c2ccccc2C)cc1-c1ccc2c(c1)C1c3ccccc3C2c2cc3ccccc3cc21. The van der Waals surface area contributed by atoms with Gasteiger partial charge in [0.05, 0.1) is 0 Å². The van der Waals surface area contributed by atoms with Crippen LogP contribution < -0.4 is 4.57 Å². The molecular formula is C38H30N+. The fourth-order valence-electron chi connectivity index (χ4n) is 7.29. The van der Waals surface area contributed by atoms with Gasteiger partial charge in [-0.1, -0.05) is 78.9 Å². The van der Waals surface area contributed by atoms with Crippen LogP contribution >= 0.6 is 0 Å².